The molecule has 1 heterocycles. The molecular weight excluding hydrogens is 352 g/mol. The first-order valence-corrected chi connectivity index (χ1v) is 7.17. The number of thiazole rings is 1. The van der Waals surface area contributed by atoms with Crippen molar-refractivity contribution >= 4 is 43.2 Å². The SMILES string of the molecule is Cc1csc(C(N)c2ccc(Br)c(Br)c2)n1. The van der Waals surface area contributed by atoms with E-state index in [-0.39, 0.29) is 6.04 Å². The number of hydrogen-bond acceptors (Lipinski definition) is 3. The highest BCUT2D eigenvalue weighted by atomic mass is 79.9. The van der Waals surface area contributed by atoms with Crippen LogP contribution in [0.1, 0.15) is 22.3 Å². The summed E-state index contributed by atoms with van der Waals surface area (Å²) in [7, 11) is 0. The first-order valence-electron chi connectivity index (χ1n) is 4.70. The van der Waals surface area contributed by atoms with E-state index in [0.29, 0.717) is 0 Å². The fraction of sp³-hybridized carbons (Fsp3) is 0.182. The van der Waals surface area contributed by atoms with Gasteiger partial charge in [-0.15, -0.1) is 11.3 Å². The number of hydrogen-bond donors (Lipinski definition) is 1. The lowest BCUT2D eigenvalue weighted by molar-refractivity contribution is 0.851. The smallest absolute Gasteiger partial charge is 0.114 e. The van der Waals surface area contributed by atoms with E-state index in [4.69, 9.17) is 5.73 Å². The van der Waals surface area contributed by atoms with E-state index in [1.54, 1.807) is 11.3 Å². The summed E-state index contributed by atoms with van der Waals surface area (Å²) < 4.78 is 2.03. The van der Waals surface area contributed by atoms with Crippen molar-refractivity contribution in [3.05, 3.63) is 48.8 Å². The van der Waals surface area contributed by atoms with Gasteiger partial charge in [0.05, 0.1) is 6.04 Å². The predicted molar refractivity (Wildman–Crippen MR) is 74.7 cm³/mol. The molecule has 0 amide bonds. The number of aryl methyl sites for hydroxylation is 1. The van der Waals surface area contributed by atoms with E-state index in [1.807, 2.05) is 30.5 Å². The Balaban J connectivity index is 2.33. The van der Waals surface area contributed by atoms with Gasteiger partial charge in [0.2, 0.25) is 0 Å². The quantitative estimate of drug-likeness (QED) is 0.877. The zero-order valence-electron chi connectivity index (χ0n) is 8.58. The summed E-state index contributed by atoms with van der Waals surface area (Å²) in [6.45, 7) is 1.98. The van der Waals surface area contributed by atoms with Gasteiger partial charge in [-0.3, -0.25) is 0 Å². The predicted octanol–water partition coefficient (Wildman–Crippen LogP) is 4.02. The number of nitrogens with zero attached hydrogens (tertiary/aromatic N) is 1. The Hall–Kier alpha value is -0.230. The first kappa shape index (κ1) is 12.2. The normalized spacial score (nSPS) is 12.8. The largest absolute Gasteiger partial charge is 0.318 e. The second-order valence-electron chi connectivity index (χ2n) is 3.48. The van der Waals surface area contributed by atoms with Crippen LogP contribution in [0.5, 0.6) is 0 Å². The molecule has 5 heteroatoms. The van der Waals surface area contributed by atoms with E-state index < -0.39 is 0 Å². The van der Waals surface area contributed by atoms with Crippen molar-refractivity contribution in [1.29, 1.82) is 0 Å². The summed E-state index contributed by atoms with van der Waals surface area (Å²) in [5.41, 5.74) is 8.24. The molecule has 0 fully saturated rings. The molecule has 1 aromatic heterocycles. The number of halogens is 2. The fourth-order valence-corrected chi connectivity index (χ4v) is 2.83. The van der Waals surface area contributed by atoms with Crippen LogP contribution in [-0.4, -0.2) is 4.98 Å². The van der Waals surface area contributed by atoms with E-state index >= 15 is 0 Å². The Morgan fingerprint density at radius 3 is 2.62 bits per heavy atom. The lowest BCUT2D eigenvalue weighted by Gasteiger charge is -2.09. The van der Waals surface area contributed by atoms with Crippen LogP contribution < -0.4 is 5.73 Å². The highest BCUT2D eigenvalue weighted by molar-refractivity contribution is 9.13. The Morgan fingerprint density at radius 1 is 1.31 bits per heavy atom. The molecule has 2 aromatic rings. The number of nitrogens with two attached hydrogens (primary N) is 1. The summed E-state index contributed by atoms with van der Waals surface area (Å²) in [6.07, 6.45) is 0. The van der Waals surface area contributed by atoms with E-state index in [2.05, 4.69) is 36.8 Å². The summed E-state index contributed by atoms with van der Waals surface area (Å²) in [4.78, 5) is 4.41. The van der Waals surface area contributed by atoms with Gasteiger partial charge < -0.3 is 5.73 Å². The van der Waals surface area contributed by atoms with E-state index in [9.17, 15) is 0 Å². The molecule has 0 radical (unpaired) electrons. The van der Waals surface area contributed by atoms with Gasteiger partial charge in [0, 0.05) is 20.0 Å². The molecule has 0 aliphatic carbocycles. The minimum atomic E-state index is -0.150. The van der Waals surface area contributed by atoms with Crippen LogP contribution in [0.3, 0.4) is 0 Å². The maximum Gasteiger partial charge on any atom is 0.114 e. The zero-order valence-corrected chi connectivity index (χ0v) is 12.6. The minimum Gasteiger partial charge on any atom is -0.318 e. The Labute approximate surface area is 115 Å². The zero-order chi connectivity index (χ0) is 11.7. The molecule has 1 unspecified atom stereocenters. The third-order valence-corrected chi connectivity index (χ3v) is 5.13. The topological polar surface area (TPSA) is 38.9 Å². The molecule has 0 saturated carbocycles. The van der Waals surface area contributed by atoms with Crippen molar-refractivity contribution in [2.45, 2.75) is 13.0 Å². The van der Waals surface area contributed by atoms with Gasteiger partial charge >= 0.3 is 0 Å². The standard InChI is InChI=1S/C11H10Br2N2S/c1-6-5-16-11(15-6)10(14)7-2-3-8(12)9(13)4-7/h2-5,10H,14H2,1H3. The lowest BCUT2D eigenvalue weighted by atomic mass is 10.1. The van der Waals surface area contributed by atoms with Crippen LogP contribution >= 0.6 is 43.2 Å². The molecule has 1 aromatic carbocycles. The van der Waals surface area contributed by atoms with Crippen molar-refractivity contribution in [3.63, 3.8) is 0 Å². The van der Waals surface area contributed by atoms with Gasteiger partial charge in [0.1, 0.15) is 5.01 Å². The minimum absolute atomic E-state index is 0.150. The van der Waals surface area contributed by atoms with Crippen LogP contribution in [-0.2, 0) is 0 Å². The van der Waals surface area contributed by atoms with Crippen LogP contribution in [0, 0.1) is 6.92 Å². The third kappa shape index (κ3) is 2.53. The molecule has 16 heavy (non-hydrogen) atoms. The number of rotatable bonds is 2. The highest BCUT2D eigenvalue weighted by Gasteiger charge is 2.13. The molecule has 0 aliphatic heterocycles. The van der Waals surface area contributed by atoms with Crippen LogP contribution in [0.15, 0.2) is 32.5 Å². The number of benzene rings is 1. The van der Waals surface area contributed by atoms with Crippen molar-refractivity contribution in [2.75, 3.05) is 0 Å². The second-order valence-corrected chi connectivity index (χ2v) is 6.08. The molecule has 2 rings (SSSR count). The van der Waals surface area contributed by atoms with Crippen molar-refractivity contribution < 1.29 is 0 Å². The summed E-state index contributed by atoms with van der Waals surface area (Å²) >= 11 is 8.51. The molecule has 84 valence electrons. The summed E-state index contributed by atoms with van der Waals surface area (Å²) in [5, 5.41) is 2.97. The highest BCUT2D eigenvalue weighted by Crippen LogP contribution is 2.29. The van der Waals surface area contributed by atoms with Crippen LogP contribution in [0.25, 0.3) is 0 Å². The summed E-state index contributed by atoms with van der Waals surface area (Å²) in [6, 6.07) is 5.87. The molecule has 2 N–H and O–H groups in total. The van der Waals surface area contributed by atoms with Gasteiger partial charge in [0.15, 0.2) is 0 Å². The van der Waals surface area contributed by atoms with Gasteiger partial charge in [0.25, 0.3) is 0 Å². The Bertz CT molecular complexity index is 510. The summed E-state index contributed by atoms with van der Waals surface area (Å²) in [5.74, 6) is 0. The monoisotopic (exact) mass is 360 g/mol. The maximum atomic E-state index is 6.16. The number of aromatic nitrogens is 1. The average Bonchev–Trinajstić information content (AvgIpc) is 2.68. The molecule has 2 nitrogen and oxygen atoms in total. The van der Waals surface area contributed by atoms with Gasteiger partial charge in [-0.25, -0.2) is 4.98 Å². The van der Waals surface area contributed by atoms with Gasteiger partial charge in [-0.05, 0) is 56.5 Å². The van der Waals surface area contributed by atoms with Crippen molar-refractivity contribution in [2.24, 2.45) is 5.73 Å². The fourth-order valence-electron chi connectivity index (χ4n) is 1.36. The molecule has 0 spiro atoms. The maximum absolute atomic E-state index is 6.16. The molecule has 0 saturated heterocycles. The molecular formula is C11H10Br2N2S. The Kier molecular flexibility index (Phi) is 3.79. The Morgan fingerprint density at radius 2 is 2.06 bits per heavy atom. The van der Waals surface area contributed by atoms with Gasteiger partial charge in [-0.1, -0.05) is 6.07 Å². The molecule has 0 bridgehead atoms. The van der Waals surface area contributed by atoms with E-state index in [0.717, 1.165) is 25.2 Å². The average molecular weight is 362 g/mol. The second kappa shape index (κ2) is 4.96. The third-order valence-electron chi connectivity index (χ3n) is 2.21. The molecule has 1 atom stereocenters. The lowest BCUT2D eigenvalue weighted by Crippen LogP contribution is -2.11. The van der Waals surface area contributed by atoms with Crippen LogP contribution in [0.2, 0.25) is 0 Å². The first-order chi connectivity index (χ1) is 7.58. The van der Waals surface area contributed by atoms with Crippen molar-refractivity contribution in [3.8, 4) is 0 Å². The molecule has 0 aliphatic rings. The van der Waals surface area contributed by atoms with Crippen LogP contribution in [0.4, 0.5) is 0 Å². The van der Waals surface area contributed by atoms with Gasteiger partial charge in [-0.2, -0.15) is 0 Å². The van der Waals surface area contributed by atoms with E-state index in [1.165, 1.54) is 0 Å². The van der Waals surface area contributed by atoms with Crippen molar-refractivity contribution in [1.82, 2.24) is 4.98 Å².